The van der Waals surface area contributed by atoms with Crippen LogP contribution in [0.4, 0.5) is 15.2 Å². The van der Waals surface area contributed by atoms with E-state index >= 15 is 0 Å². The Labute approximate surface area is 117 Å². The molecule has 1 aliphatic heterocycles. The summed E-state index contributed by atoms with van der Waals surface area (Å²) < 4.78 is 13.3. The summed E-state index contributed by atoms with van der Waals surface area (Å²) in [6.45, 7) is 0.641. The summed E-state index contributed by atoms with van der Waals surface area (Å²) in [5, 5.41) is 9.42. The molecule has 2 heterocycles. The maximum atomic E-state index is 13.3. The fraction of sp³-hybridized carbons (Fsp3) is 0.167. The van der Waals surface area contributed by atoms with E-state index in [9.17, 15) is 9.18 Å². The quantitative estimate of drug-likeness (QED) is 0.924. The number of hydrogen-bond acceptors (Lipinski definition) is 4. The van der Waals surface area contributed by atoms with E-state index in [1.54, 1.807) is 11.0 Å². The molecule has 0 aliphatic carbocycles. The molecule has 98 valence electrons. The van der Waals surface area contributed by atoms with E-state index < -0.39 is 5.97 Å². The fourth-order valence-electron chi connectivity index (χ4n) is 2.09. The molecule has 0 atom stereocenters. The first kappa shape index (κ1) is 12.4. The Morgan fingerprint density at radius 1 is 1.53 bits per heavy atom. The van der Waals surface area contributed by atoms with Crippen LogP contribution in [0.2, 0.25) is 5.15 Å². The van der Waals surface area contributed by atoms with Gasteiger partial charge in [0.2, 0.25) is 0 Å². The number of carboxylic acids is 1. The molecule has 0 saturated heterocycles. The molecule has 7 heteroatoms. The first-order valence-electron chi connectivity index (χ1n) is 5.52. The molecule has 1 aliphatic rings. The Morgan fingerprint density at radius 3 is 3.00 bits per heavy atom. The van der Waals surface area contributed by atoms with Crippen LogP contribution in [0.25, 0.3) is 0 Å². The Hall–Kier alpha value is -1.66. The van der Waals surface area contributed by atoms with Crippen molar-refractivity contribution in [1.29, 1.82) is 0 Å². The molecule has 3 rings (SSSR count). The maximum absolute atomic E-state index is 13.3. The summed E-state index contributed by atoms with van der Waals surface area (Å²) in [5.74, 6) is -1.43. The molecule has 19 heavy (non-hydrogen) atoms. The zero-order chi connectivity index (χ0) is 13.6. The molecular formula is C12H8ClFN2O2S. The second kappa shape index (κ2) is 4.47. The number of hydrogen-bond donors (Lipinski definition) is 1. The third-order valence-electron chi connectivity index (χ3n) is 2.94. The van der Waals surface area contributed by atoms with Crippen LogP contribution in [0.3, 0.4) is 0 Å². The van der Waals surface area contributed by atoms with Crippen LogP contribution in [0.15, 0.2) is 18.2 Å². The average Bonchev–Trinajstić information content (AvgIpc) is 2.91. The van der Waals surface area contributed by atoms with Crippen molar-refractivity contribution in [2.45, 2.75) is 6.42 Å². The minimum absolute atomic E-state index is 0.00141. The molecule has 1 N–H and O–H groups in total. The molecule has 2 aromatic rings. The molecule has 0 fully saturated rings. The third kappa shape index (κ3) is 2.06. The van der Waals surface area contributed by atoms with Crippen LogP contribution >= 0.6 is 22.9 Å². The fourth-order valence-corrected chi connectivity index (χ4v) is 3.25. The first-order valence-corrected chi connectivity index (χ1v) is 6.71. The van der Waals surface area contributed by atoms with Gasteiger partial charge in [0.1, 0.15) is 5.82 Å². The van der Waals surface area contributed by atoms with Gasteiger partial charge in [-0.3, -0.25) is 0 Å². The van der Waals surface area contributed by atoms with Gasteiger partial charge in [-0.05, 0) is 24.1 Å². The number of aromatic nitrogens is 1. The number of aromatic carboxylic acids is 1. The van der Waals surface area contributed by atoms with Crippen molar-refractivity contribution in [3.05, 3.63) is 39.6 Å². The summed E-state index contributed by atoms with van der Waals surface area (Å²) in [6, 6.07) is 4.58. The molecule has 1 aromatic carbocycles. The monoisotopic (exact) mass is 298 g/mol. The van der Waals surface area contributed by atoms with Gasteiger partial charge in [0.15, 0.2) is 15.2 Å². The van der Waals surface area contributed by atoms with E-state index in [1.165, 1.54) is 12.1 Å². The number of benzene rings is 1. The summed E-state index contributed by atoms with van der Waals surface area (Å²) in [5.41, 5.74) is 1.74. The molecule has 0 amide bonds. The second-order valence-corrected chi connectivity index (χ2v) is 5.43. The van der Waals surface area contributed by atoms with Crippen molar-refractivity contribution >= 4 is 39.7 Å². The van der Waals surface area contributed by atoms with Gasteiger partial charge in [0, 0.05) is 12.2 Å². The lowest BCUT2D eigenvalue weighted by molar-refractivity contribution is 0.0702. The van der Waals surface area contributed by atoms with E-state index in [1.807, 2.05) is 0 Å². The topological polar surface area (TPSA) is 53.4 Å². The van der Waals surface area contributed by atoms with Crippen molar-refractivity contribution < 1.29 is 14.3 Å². The van der Waals surface area contributed by atoms with Crippen molar-refractivity contribution in [1.82, 2.24) is 4.98 Å². The largest absolute Gasteiger partial charge is 0.477 e. The summed E-state index contributed by atoms with van der Waals surface area (Å²) in [6.07, 6.45) is 0.773. The van der Waals surface area contributed by atoms with Gasteiger partial charge < -0.3 is 10.0 Å². The minimum Gasteiger partial charge on any atom is -0.477 e. The van der Waals surface area contributed by atoms with Crippen molar-refractivity contribution in [2.24, 2.45) is 0 Å². The Balaban J connectivity index is 2.04. The molecule has 0 bridgehead atoms. The zero-order valence-electron chi connectivity index (χ0n) is 9.56. The van der Waals surface area contributed by atoms with Gasteiger partial charge in [0.05, 0.1) is 0 Å². The SMILES string of the molecule is O=C(O)c1sc(N2CCc3ccc(F)cc32)nc1Cl. The molecule has 4 nitrogen and oxygen atoms in total. The predicted octanol–water partition coefficient (Wildman–Crippen LogP) is 3.33. The second-order valence-electron chi connectivity index (χ2n) is 4.10. The smallest absolute Gasteiger partial charge is 0.349 e. The average molecular weight is 299 g/mol. The van der Waals surface area contributed by atoms with Gasteiger partial charge in [-0.15, -0.1) is 0 Å². The number of halogens is 2. The van der Waals surface area contributed by atoms with E-state index in [2.05, 4.69) is 4.98 Å². The Bertz CT molecular complexity index is 674. The van der Waals surface area contributed by atoms with Crippen LogP contribution in [0, 0.1) is 5.82 Å². The van der Waals surface area contributed by atoms with E-state index in [0.717, 1.165) is 29.0 Å². The predicted molar refractivity (Wildman–Crippen MR) is 71.2 cm³/mol. The molecule has 0 saturated carbocycles. The first-order chi connectivity index (χ1) is 9.06. The lowest BCUT2D eigenvalue weighted by Gasteiger charge is -2.15. The van der Waals surface area contributed by atoms with Crippen molar-refractivity contribution in [2.75, 3.05) is 11.4 Å². The van der Waals surface area contributed by atoms with Crippen LogP contribution in [-0.2, 0) is 6.42 Å². The highest BCUT2D eigenvalue weighted by molar-refractivity contribution is 7.18. The minimum atomic E-state index is -1.10. The highest BCUT2D eigenvalue weighted by Gasteiger charge is 2.26. The number of rotatable bonds is 2. The standard InChI is InChI=1S/C12H8ClFN2O2S/c13-10-9(11(17)18)19-12(15-10)16-4-3-6-1-2-7(14)5-8(6)16/h1-2,5H,3-4H2,(H,17,18). The number of carboxylic acid groups (broad SMARTS) is 1. The molecule has 1 aromatic heterocycles. The number of fused-ring (bicyclic) bond motifs is 1. The van der Waals surface area contributed by atoms with E-state index in [0.29, 0.717) is 11.7 Å². The van der Waals surface area contributed by atoms with E-state index in [4.69, 9.17) is 16.7 Å². The molecule has 0 spiro atoms. The summed E-state index contributed by atoms with van der Waals surface area (Å²) in [4.78, 5) is 16.8. The maximum Gasteiger partial charge on any atom is 0.349 e. The lowest BCUT2D eigenvalue weighted by atomic mass is 10.2. The summed E-state index contributed by atoms with van der Waals surface area (Å²) in [7, 11) is 0. The van der Waals surface area contributed by atoms with Gasteiger partial charge >= 0.3 is 5.97 Å². The van der Waals surface area contributed by atoms with Crippen LogP contribution in [0.5, 0.6) is 0 Å². The van der Waals surface area contributed by atoms with E-state index in [-0.39, 0.29) is 15.8 Å². The lowest BCUT2D eigenvalue weighted by Crippen LogP contribution is -2.12. The van der Waals surface area contributed by atoms with Gasteiger partial charge in [-0.1, -0.05) is 29.0 Å². The number of nitrogens with zero attached hydrogens (tertiary/aromatic N) is 2. The normalized spacial score (nSPS) is 13.7. The van der Waals surface area contributed by atoms with Gasteiger partial charge in [-0.25, -0.2) is 14.2 Å². The van der Waals surface area contributed by atoms with Crippen LogP contribution in [-0.4, -0.2) is 22.6 Å². The molecule has 0 unspecified atom stereocenters. The highest BCUT2D eigenvalue weighted by Crippen LogP contribution is 2.39. The third-order valence-corrected chi connectivity index (χ3v) is 4.39. The zero-order valence-corrected chi connectivity index (χ0v) is 11.1. The Kier molecular flexibility index (Phi) is 2.91. The summed E-state index contributed by atoms with van der Waals surface area (Å²) >= 11 is 6.79. The Morgan fingerprint density at radius 2 is 2.32 bits per heavy atom. The number of thiazole rings is 1. The van der Waals surface area contributed by atoms with Crippen LogP contribution in [0.1, 0.15) is 15.2 Å². The van der Waals surface area contributed by atoms with Crippen molar-refractivity contribution in [3.63, 3.8) is 0 Å². The van der Waals surface area contributed by atoms with Gasteiger partial charge in [0.25, 0.3) is 0 Å². The van der Waals surface area contributed by atoms with Crippen LogP contribution < -0.4 is 4.90 Å². The molecular weight excluding hydrogens is 291 g/mol. The highest BCUT2D eigenvalue weighted by atomic mass is 35.5. The number of anilines is 2. The molecule has 0 radical (unpaired) electrons. The van der Waals surface area contributed by atoms with Gasteiger partial charge in [-0.2, -0.15) is 0 Å². The van der Waals surface area contributed by atoms with Crippen molar-refractivity contribution in [3.8, 4) is 0 Å². The number of carbonyl (C=O) groups is 1.